The Balaban J connectivity index is 2.63. The first kappa shape index (κ1) is 20.8. The quantitative estimate of drug-likeness (QED) is 0.524. The molecule has 0 fully saturated rings. The standard InChI is InChI=1S/C21H37NO2/c1-8-10-18(9-2)23-20(16(3)4)24-19-13-11-17(12-14-19)22-15-21(5,6)7/h11-14,16,18,20,22H,8-10,15H2,1-7H3. The predicted molar refractivity (Wildman–Crippen MR) is 104 cm³/mol. The topological polar surface area (TPSA) is 30.5 Å². The lowest BCUT2D eigenvalue weighted by Gasteiger charge is -2.27. The second kappa shape index (κ2) is 9.93. The summed E-state index contributed by atoms with van der Waals surface area (Å²) < 4.78 is 12.3. The highest BCUT2D eigenvalue weighted by molar-refractivity contribution is 5.46. The fraction of sp³-hybridized carbons (Fsp3) is 0.714. The predicted octanol–water partition coefficient (Wildman–Crippen LogP) is 6.10. The number of ether oxygens (including phenoxy) is 2. The van der Waals surface area contributed by atoms with E-state index in [0.29, 0.717) is 5.92 Å². The van der Waals surface area contributed by atoms with E-state index in [9.17, 15) is 0 Å². The zero-order valence-electron chi connectivity index (χ0n) is 16.7. The third-order valence-electron chi connectivity index (χ3n) is 3.87. The molecule has 0 aliphatic heterocycles. The Morgan fingerprint density at radius 1 is 1.04 bits per heavy atom. The maximum Gasteiger partial charge on any atom is 0.202 e. The second-order valence-corrected chi connectivity index (χ2v) is 8.12. The molecule has 0 aliphatic carbocycles. The van der Waals surface area contributed by atoms with Gasteiger partial charge >= 0.3 is 0 Å². The average Bonchev–Trinajstić information content (AvgIpc) is 2.52. The smallest absolute Gasteiger partial charge is 0.202 e. The summed E-state index contributed by atoms with van der Waals surface area (Å²) in [5.41, 5.74) is 1.39. The molecular weight excluding hydrogens is 298 g/mol. The molecule has 3 heteroatoms. The fourth-order valence-electron chi connectivity index (χ4n) is 2.35. The lowest BCUT2D eigenvalue weighted by Crippen LogP contribution is -2.31. The normalized spacial score (nSPS) is 14.5. The molecule has 0 spiro atoms. The van der Waals surface area contributed by atoms with E-state index in [4.69, 9.17) is 9.47 Å². The summed E-state index contributed by atoms with van der Waals surface area (Å²) >= 11 is 0. The Labute approximate surface area is 149 Å². The van der Waals surface area contributed by atoms with Crippen molar-refractivity contribution in [2.45, 2.75) is 80.1 Å². The van der Waals surface area contributed by atoms with Crippen molar-refractivity contribution in [3.05, 3.63) is 24.3 Å². The van der Waals surface area contributed by atoms with E-state index in [1.807, 2.05) is 12.1 Å². The van der Waals surface area contributed by atoms with Gasteiger partial charge in [0.1, 0.15) is 5.75 Å². The number of hydrogen-bond donors (Lipinski definition) is 1. The van der Waals surface area contributed by atoms with Crippen LogP contribution in [0.3, 0.4) is 0 Å². The summed E-state index contributed by atoms with van der Waals surface area (Å²) in [5.74, 6) is 1.18. The Morgan fingerprint density at radius 3 is 2.12 bits per heavy atom. The Hall–Kier alpha value is -1.22. The first-order valence-electron chi connectivity index (χ1n) is 9.41. The molecule has 3 nitrogen and oxygen atoms in total. The number of rotatable bonds is 10. The van der Waals surface area contributed by atoms with Crippen LogP contribution in [0.4, 0.5) is 5.69 Å². The molecule has 1 rings (SSSR count). The van der Waals surface area contributed by atoms with Gasteiger partial charge < -0.3 is 14.8 Å². The highest BCUT2D eigenvalue weighted by Crippen LogP contribution is 2.23. The summed E-state index contributed by atoms with van der Waals surface area (Å²) in [6, 6.07) is 8.18. The van der Waals surface area contributed by atoms with Gasteiger partial charge in [-0.05, 0) is 42.5 Å². The summed E-state index contributed by atoms with van der Waals surface area (Å²) in [7, 11) is 0. The van der Waals surface area contributed by atoms with Crippen LogP contribution in [-0.4, -0.2) is 18.9 Å². The average molecular weight is 336 g/mol. The molecule has 1 aromatic rings. The summed E-state index contributed by atoms with van der Waals surface area (Å²) in [5, 5.41) is 3.46. The molecular formula is C21H37NO2. The van der Waals surface area contributed by atoms with Crippen LogP contribution in [0.25, 0.3) is 0 Å². The summed E-state index contributed by atoms with van der Waals surface area (Å²) in [6.07, 6.45) is 3.32. The van der Waals surface area contributed by atoms with Gasteiger partial charge in [0.25, 0.3) is 0 Å². The van der Waals surface area contributed by atoms with Crippen molar-refractivity contribution in [1.29, 1.82) is 0 Å². The van der Waals surface area contributed by atoms with Crippen LogP contribution in [0, 0.1) is 11.3 Å². The Kier molecular flexibility index (Phi) is 8.61. The van der Waals surface area contributed by atoms with Crippen molar-refractivity contribution in [2.24, 2.45) is 11.3 Å². The van der Waals surface area contributed by atoms with Gasteiger partial charge in [0.05, 0.1) is 6.10 Å². The molecule has 0 aromatic heterocycles. The lowest BCUT2D eigenvalue weighted by molar-refractivity contribution is -0.145. The van der Waals surface area contributed by atoms with Gasteiger partial charge in [-0.1, -0.05) is 54.9 Å². The van der Waals surface area contributed by atoms with Gasteiger partial charge in [0.15, 0.2) is 0 Å². The highest BCUT2D eigenvalue weighted by atomic mass is 16.7. The maximum absolute atomic E-state index is 6.19. The van der Waals surface area contributed by atoms with Gasteiger partial charge in [0.2, 0.25) is 6.29 Å². The zero-order chi connectivity index (χ0) is 18.2. The van der Waals surface area contributed by atoms with E-state index >= 15 is 0 Å². The lowest BCUT2D eigenvalue weighted by atomic mass is 9.97. The molecule has 0 aliphatic rings. The molecule has 1 N–H and O–H groups in total. The fourth-order valence-corrected chi connectivity index (χ4v) is 2.35. The van der Waals surface area contributed by atoms with Crippen molar-refractivity contribution in [2.75, 3.05) is 11.9 Å². The highest BCUT2D eigenvalue weighted by Gasteiger charge is 2.20. The van der Waals surface area contributed by atoms with Crippen LogP contribution < -0.4 is 10.1 Å². The summed E-state index contributed by atoms with van der Waals surface area (Å²) in [6.45, 7) is 16.3. The SMILES string of the molecule is CCCC(CC)OC(Oc1ccc(NCC(C)(C)C)cc1)C(C)C. The summed E-state index contributed by atoms with van der Waals surface area (Å²) in [4.78, 5) is 0. The molecule has 0 amide bonds. The molecule has 0 saturated carbocycles. The van der Waals surface area contributed by atoms with Crippen LogP contribution in [-0.2, 0) is 4.74 Å². The Bertz CT molecular complexity index is 448. The third-order valence-corrected chi connectivity index (χ3v) is 3.87. The monoisotopic (exact) mass is 335 g/mol. The van der Waals surface area contributed by atoms with E-state index in [1.165, 1.54) is 0 Å². The number of anilines is 1. The van der Waals surface area contributed by atoms with Gasteiger partial charge in [0, 0.05) is 18.2 Å². The number of hydrogen-bond acceptors (Lipinski definition) is 3. The molecule has 2 atom stereocenters. The van der Waals surface area contributed by atoms with Gasteiger partial charge in [-0.3, -0.25) is 0 Å². The maximum atomic E-state index is 6.19. The van der Waals surface area contributed by atoms with Crippen LogP contribution in [0.15, 0.2) is 24.3 Å². The molecule has 0 radical (unpaired) electrons. The van der Waals surface area contributed by atoms with Gasteiger partial charge in [-0.2, -0.15) is 0 Å². The van der Waals surface area contributed by atoms with Crippen molar-refractivity contribution in [3.8, 4) is 5.75 Å². The molecule has 1 aromatic carbocycles. The van der Waals surface area contributed by atoms with Crippen LogP contribution in [0.1, 0.15) is 67.7 Å². The van der Waals surface area contributed by atoms with Gasteiger partial charge in [-0.15, -0.1) is 0 Å². The molecule has 0 bridgehead atoms. The number of benzene rings is 1. The van der Waals surface area contributed by atoms with E-state index in [2.05, 4.69) is 65.9 Å². The van der Waals surface area contributed by atoms with Crippen molar-refractivity contribution < 1.29 is 9.47 Å². The largest absolute Gasteiger partial charge is 0.465 e. The van der Waals surface area contributed by atoms with Crippen molar-refractivity contribution in [1.82, 2.24) is 0 Å². The molecule has 24 heavy (non-hydrogen) atoms. The molecule has 2 unspecified atom stereocenters. The minimum atomic E-state index is -0.199. The molecule has 138 valence electrons. The van der Waals surface area contributed by atoms with E-state index in [-0.39, 0.29) is 17.8 Å². The van der Waals surface area contributed by atoms with Crippen LogP contribution >= 0.6 is 0 Å². The minimum Gasteiger partial charge on any atom is -0.465 e. The van der Waals surface area contributed by atoms with Crippen LogP contribution in [0.5, 0.6) is 5.75 Å². The van der Waals surface area contributed by atoms with Gasteiger partial charge in [-0.25, -0.2) is 0 Å². The number of nitrogens with one attached hydrogen (secondary N) is 1. The van der Waals surface area contributed by atoms with Crippen molar-refractivity contribution in [3.63, 3.8) is 0 Å². The molecule has 0 heterocycles. The first-order chi connectivity index (χ1) is 11.2. The Morgan fingerprint density at radius 2 is 1.67 bits per heavy atom. The van der Waals surface area contributed by atoms with E-state index < -0.39 is 0 Å². The third kappa shape index (κ3) is 8.05. The van der Waals surface area contributed by atoms with E-state index in [1.54, 1.807) is 0 Å². The van der Waals surface area contributed by atoms with Crippen molar-refractivity contribution >= 4 is 5.69 Å². The zero-order valence-corrected chi connectivity index (χ0v) is 16.7. The van der Waals surface area contributed by atoms with Crippen LogP contribution in [0.2, 0.25) is 0 Å². The van der Waals surface area contributed by atoms with E-state index in [0.717, 1.165) is 37.2 Å². The second-order valence-electron chi connectivity index (χ2n) is 8.12. The minimum absolute atomic E-state index is 0.199. The first-order valence-corrected chi connectivity index (χ1v) is 9.41. The molecule has 0 saturated heterocycles.